The number of hydrogen-bond acceptors (Lipinski definition) is 4. The monoisotopic (exact) mass is 267 g/mol. The maximum absolute atomic E-state index is 13.1. The molecule has 0 aliphatic heterocycles. The molecule has 0 aliphatic rings. The van der Waals surface area contributed by atoms with E-state index >= 15 is 0 Å². The first kappa shape index (κ1) is 14.3. The third-order valence-corrected chi connectivity index (χ3v) is 3.20. The smallest absolute Gasteiger partial charge is 0.232 e. The number of rotatable bonds is 5. The van der Waals surface area contributed by atoms with Crippen molar-refractivity contribution in [3.8, 4) is 6.07 Å². The Morgan fingerprint density at radius 3 is 2.89 bits per heavy atom. The molecule has 0 unspecified atom stereocenters. The van der Waals surface area contributed by atoms with E-state index in [0.29, 0.717) is 23.5 Å². The van der Waals surface area contributed by atoms with E-state index in [0.717, 1.165) is 0 Å². The summed E-state index contributed by atoms with van der Waals surface area (Å²) in [6.07, 6.45) is 0.305. The van der Waals surface area contributed by atoms with Crippen LogP contribution in [0.4, 0.5) is 10.1 Å². The molecule has 96 valence electrons. The van der Waals surface area contributed by atoms with Crippen molar-refractivity contribution in [3.05, 3.63) is 24.0 Å². The summed E-state index contributed by atoms with van der Waals surface area (Å²) in [6, 6.07) is 6.16. The van der Waals surface area contributed by atoms with Gasteiger partial charge < -0.3 is 10.6 Å². The molecule has 1 aromatic carbocycles. The van der Waals surface area contributed by atoms with Gasteiger partial charge in [0, 0.05) is 24.2 Å². The number of nitrogen functional groups attached to an aromatic ring is 1. The van der Waals surface area contributed by atoms with Gasteiger partial charge in [0.2, 0.25) is 5.91 Å². The summed E-state index contributed by atoms with van der Waals surface area (Å²) < 4.78 is 13.1. The molecule has 18 heavy (non-hydrogen) atoms. The van der Waals surface area contributed by atoms with Crippen LogP contribution in [-0.2, 0) is 4.79 Å². The summed E-state index contributed by atoms with van der Waals surface area (Å²) in [5.41, 5.74) is 5.84. The number of hydrogen-bond donors (Lipinski definition) is 1. The molecule has 0 saturated carbocycles. The van der Waals surface area contributed by atoms with Gasteiger partial charge in [-0.1, -0.05) is 0 Å². The van der Waals surface area contributed by atoms with Crippen molar-refractivity contribution in [1.82, 2.24) is 4.90 Å². The molecule has 0 radical (unpaired) electrons. The van der Waals surface area contributed by atoms with Gasteiger partial charge in [0.15, 0.2) is 0 Å². The average Bonchev–Trinajstić information content (AvgIpc) is 2.31. The van der Waals surface area contributed by atoms with Crippen molar-refractivity contribution < 1.29 is 9.18 Å². The lowest BCUT2D eigenvalue weighted by Gasteiger charge is -2.15. The zero-order chi connectivity index (χ0) is 13.5. The Morgan fingerprint density at radius 1 is 1.56 bits per heavy atom. The lowest BCUT2D eigenvalue weighted by atomic mass is 10.3. The van der Waals surface area contributed by atoms with Crippen LogP contribution in [0.25, 0.3) is 0 Å². The topological polar surface area (TPSA) is 70.1 Å². The number of carbonyl (C=O) groups excluding carboxylic acids is 1. The third kappa shape index (κ3) is 4.63. The minimum atomic E-state index is -0.414. The minimum absolute atomic E-state index is 0.0990. The van der Waals surface area contributed by atoms with Crippen LogP contribution in [0, 0.1) is 17.1 Å². The van der Waals surface area contributed by atoms with Crippen LogP contribution >= 0.6 is 11.8 Å². The van der Waals surface area contributed by atoms with E-state index in [1.807, 2.05) is 6.07 Å². The molecule has 0 atom stereocenters. The number of nitrogens with two attached hydrogens (primary N) is 1. The molecule has 1 rings (SSSR count). The number of benzene rings is 1. The standard InChI is InChI=1S/C12H14FN3OS/c1-16(4-2-3-14)12(17)8-18-11-6-9(13)5-10(15)7-11/h5-7H,2,4,8,15H2,1H3. The van der Waals surface area contributed by atoms with E-state index in [1.54, 1.807) is 13.1 Å². The third-order valence-electron chi connectivity index (χ3n) is 2.24. The van der Waals surface area contributed by atoms with Crippen molar-refractivity contribution in [2.75, 3.05) is 25.1 Å². The van der Waals surface area contributed by atoms with Crippen LogP contribution in [0.15, 0.2) is 23.1 Å². The van der Waals surface area contributed by atoms with Crippen molar-refractivity contribution in [3.63, 3.8) is 0 Å². The van der Waals surface area contributed by atoms with Crippen LogP contribution in [0.3, 0.4) is 0 Å². The molecule has 2 N–H and O–H groups in total. The van der Waals surface area contributed by atoms with Gasteiger partial charge in [-0.15, -0.1) is 11.8 Å². The Balaban J connectivity index is 2.49. The van der Waals surface area contributed by atoms with Crippen LogP contribution in [-0.4, -0.2) is 30.2 Å². The van der Waals surface area contributed by atoms with Crippen molar-refractivity contribution in [2.24, 2.45) is 0 Å². The molecule has 0 fully saturated rings. The van der Waals surface area contributed by atoms with Crippen LogP contribution in [0.2, 0.25) is 0 Å². The molecule has 1 amide bonds. The maximum atomic E-state index is 13.1. The number of thioether (sulfide) groups is 1. The van der Waals surface area contributed by atoms with Gasteiger partial charge in [-0.2, -0.15) is 5.26 Å². The van der Waals surface area contributed by atoms with Crippen molar-refractivity contribution in [2.45, 2.75) is 11.3 Å². The van der Waals surface area contributed by atoms with Gasteiger partial charge in [-0.3, -0.25) is 4.79 Å². The molecule has 0 saturated heterocycles. The Hall–Kier alpha value is -1.74. The largest absolute Gasteiger partial charge is 0.399 e. The summed E-state index contributed by atoms with van der Waals surface area (Å²) in [7, 11) is 1.64. The first-order chi connectivity index (χ1) is 8.52. The predicted molar refractivity (Wildman–Crippen MR) is 69.4 cm³/mol. The van der Waals surface area contributed by atoms with Crippen molar-refractivity contribution >= 4 is 23.4 Å². The van der Waals surface area contributed by atoms with Crippen LogP contribution < -0.4 is 5.73 Å². The van der Waals surface area contributed by atoms with E-state index in [4.69, 9.17) is 11.0 Å². The first-order valence-electron chi connectivity index (χ1n) is 5.32. The Morgan fingerprint density at radius 2 is 2.28 bits per heavy atom. The highest BCUT2D eigenvalue weighted by Gasteiger charge is 2.09. The number of anilines is 1. The summed E-state index contributed by atoms with van der Waals surface area (Å²) in [5.74, 6) is -0.314. The number of amides is 1. The summed E-state index contributed by atoms with van der Waals surface area (Å²) in [4.78, 5) is 13.8. The molecule has 0 aromatic heterocycles. The fraction of sp³-hybridized carbons (Fsp3) is 0.333. The quantitative estimate of drug-likeness (QED) is 0.653. The predicted octanol–water partition coefficient (Wildman–Crippen LogP) is 1.87. The molecule has 0 heterocycles. The second-order valence-electron chi connectivity index (χ2n) is 3.73. The summed E-state index contributed by atoms with van der Waals surface area (Å²) in [5, 5.41) is 8.42. The van der Waals surface area contributed by atoms with E-state index in [1.165, 1.54) is 28.8 Å². The molecule has 0 aliphatic carbocycles. The minimum Gasteiger partial charge on any atom is -0.399 e. The second-order valence-corrected chi connectivity index (χ2v) is 4.78. The molecule has 4 nitrogen and oxygen atoms in total. The molecule has 6 heteroatoms. The van der Waals surface area contributed by atoms with E-state index < -0.39 is 5.82 Å². The maximum Gasteiger partial charge on any atom is 0.232 e. The highest BCUT2D eigenvalue weighted by atomic mass is 32.2. The normalized spacial score (nSPS) is 9.83. The molecule has 1 aromatic rings. The Bertz CT molecular complexity index is 453. The number of carbonyl (C=O) groups is 1. The summed E-state index contributed by atoms with van der Waals surface area (Å²) >= 11 is 1.22. The lowest BCUT2D eigenvalue weighted by Crippen LogP contribution is -2.29. The molecular formula is C12H14FN3OS. The van der Waals surface area contributed by atoms with Crippen LogP contribution in [0.1, 0.15) is 6.42 Å². The fourth-order valence-corrected chi connectivity index (χ4v) is 2.19. The van der Waals surface area contributed by atoms with E-state index in [9.17, 15) is 9.18 Å². The second kappa shape index (κ2) is 6.87. The number of nitrogens with zero attached hydrogens (tertiary/aromatic N) is 2. The van der Waals surface area contributed by atoms with Crippen molar-refractivity contribution in [1.29, 1.82) is 5.26 Å². The zero-order valence-corrected chi connectivity index (χ0v) is 10.8. The van der Waals surface area contributed by atoms with Gasteiger partial charge in [-0.05, 0) is 18.2 Å². The van der Waals surface area contributed by atoms with Gasteiger partial charge in [0.1, 0.15) is 5.82 Å². The molecule has 0 spiro atoms. The first-order valence-corrected chi connectivity index (χ1v) is 6.31. The zero-order valence-electron chi connectivity index (χ0n) is 10.0. The van der Waals surface area contributed by atoms with Gasteiger partial charge in [0.25, 0.3) is 0 Å². The summed E-state index contributed by atoms with van der Waals surface area (Å²) in [6.45, 7) is 0.404. The van der Waals surface area contributed by atoms with Gasteiger partial charge in [-0.25, -0.2) is 4.39 Å². The molecular weight excluding hydrogens is 253 g/mol. The fourth-order valence-electron chi connectivity index (χ4n) is 1.27. The number of halogens is 1. The Kier molecular flexibility index (Phi) is 5.46. The van der Waals surface area contributed by atoms with E-state index in [2.05, 4.69) is 0 Å². The number of nitriles is 1. The van der Waals surface area contributed by atoms with Gasteiger partial charge in [0.05, 0.1) is 18.2 Å². The van der Waals surface area contributed by atoms with E-state index in [-0.39, 0.29) is 11.7 Å². The lowest BCUT2D eigenvalue weighted by molar-refractivity contribution is -0.127. The average molecular weight is 267 g/mol. The van der Waals surface area contributed by atoms with Gasteiger partial charge >= 0.3 is 0 Å². The highest BCUT2D eigenvalue weighted by molar-refractivity contribution is 8.00. The van der Waals surface area contributed by atoms with Crippen LogP contribution in [0.5, 0.6) is 0 Å². The highest BCUT2D eigenvalue weighted by Crippen LogP contribution is 2.22. The molecule has 0 bridgehead atoms. The Labute approximate surface area is 110 Å². The SMILES string of the molecule is CN(CCC#N)C(=O)CSc1cc(N)cc(F)c1.